The monoisotopic (exact) mass is 273 g/mol. The molecule has 0 amide bonds. The number of benzene rings is 1. The van der Waals surface area contributed by atoms with Gasteiger partial charge in [0, 0.05) is 28.9 Å². The van der Waals surface area contributed by atoms with Crippen LogP contribution in [0.2, 0.25) is 0 Å². The minimum Gasteiger partial charge on any atom is -0.382 e. The van der Waals surface area contributed by atoms with Crippen LogP contribution in [0.4, 0.5) is 5.69 Å². The van der Waals surface area contributed by atoms with Crippen LogP contribution in [0.1, 0.15) is 19.3 Å². The summed E-state index contributed by atoms with van der Waals surface area (Å²) in [7, 11) is 0. The highest BCUT2D eigenvalue weighted by Gasteiger charge is 2.25. The van der Waals surface area contributed by atoms with Crippen LogP contribution < -0.4 is 11.1 Å². The van der Waals surface area contributed by atoms with Crippen molar-refractivity contribution >= 4 is 17.0 Å². The predicted octanol–water partition coefficient (Wildman–Crippen LogP) is 3.35. The number of thiazole rings is 1. The lowest BCUT2D eigenvalue weighted by atomic mass is 10.0. The molecule has 1 aliphatic rings. The van der Waals surface area contributed by atoms with Gasteiger partial charge in [0.2, 0.25) is 0 Å². The smallest absolute Gasteiger partial charge is 0.123 e. The fourth-order valence-electron chi connectivity index (χ4n) is 2.80. The van der Waals surface area contributed by atoms with Crippen molar-refractivity contribution in [1.82, 2.24) is 4.98 Å². The summed E-state index contributed by atoms with van der Waals surface area (Å²) in [5.41, 5.74) is 8.19. The third-order valence-electron chi connectivity index (χ3n) is 3.88. The lowest BCUT2D eigenvalue weighted by molar-refractivity contribution is 0.516. The second-order valence-electron chi connectivity index (χ2n) is 5.09. The lowest BCUT2D eigenvalue weighted by Crippen LogP contribution is -2.29. The van der Waals surface area contributed by atoms with Gasteiger partial charge in [-0.05, 0) is 49.6 Å². The molecule has 2 unspecified atom stereocenters. The number of anilines is 1. The number of aromatic nitrogens is 1. The zero-order chi connectivity index (χ0) is 13.1. The van der Waals surface area contributed by atoms with Crippen LogP contribution in [-0.4, -0.2) is 17.6 Å². The van der Waals surface area contributed by atoms with Crippen LogP contribution in [-0.2, 0) is 0 Å². The van der Waals surface area contributed by atoms with E-state index in [0.717, 1.165) is 11.6 Å². The third-order valence-corrected chi connectivity index (χ3v) is 4.70. The molecule has 1 heterocycles. The Bertz CT molecular complexity index is 507. The van der Waals surface area contributed by atoms with Gasteiger partial charge in [-0.15, -0.1) is 11.3 Å². The van der Waals surface area contributed by atoms with Crippen molar-refractivity contribution in [3.8, 4) is 10.6 Å². The molecule has 100 valence electrons. The molecule has 19 heavy (non-hydrogen) atoms. The van der Waals surface area contributed by atoms with E-state index in [2.05, 4.69) is 34.6 Å². The average molecular weight is 273 g/mol. The average Bonchev–Trinajstić information content (AvgIpc) is 3.10. The summed E-state index contributed by atoms with van der Waals surface area (Å²) >= 11 is 1.67. The molecular weight excluding hydrogens is 254 g/mol. The van der Waals surface area contributed by atoms with Crippen LogP contribution in [0.3, 0.4) is 0 Å². The van der Waals surface area contributed by atoms with E-state index in [1.54, 1.807) is 11.3 Å². The van der Waals surface area contributed by atoms with E-state index in [-0.39, 0.29) is 0 Å². The van der Waals surface area contributed by atoms with Crippen molar-refractivity contribution in [2.24, 2.45) is 11.7 Å². The van der Waals surface area contributed by atoms with E-state index in [9.17, 15) is 0 Å². The van der Waals surface area contributed by atoms with Crippen molar-refractivity contribution in [2.45, 2.75) is 25.3 Å². The molecule has 1 fully saturated rings. The van der Waals surface area contributed by atoms with Gasteiger partial charge in [-0.25, -0.2) is 4.98 Å². The molecule has 0 bridgehead atoms. The molecule has 2 atom stereocenters. The van der Waals surface area contributed by atoms with Crippen molar-refractivity contribution in [1.29, 1.82) is 0 Å². The van der Waals surface area contributed by atoms with Gasteiger partial charge in [-0.1, -0.05) is 6.42 Å². The van der Waals surface area contributed by atoms with Crippen LogP contribution >= 0.6 is 11.3 Å². The van der Waals surface area contributed by atoms with Gasteiger partial charge in [0.15, 0.2) is 0 Å². The number of nitrogens with one attached hydrogen (secondary N) is 1. The molecule has 0 saturated heterocycles. The quantitative estimate of drug-likeness (QED) is 0.898. The molecule has 1 saturated carbocycles. The van der Waals surface area contributed by atoms with E-state index in [0.29, 0.717) is 12.0 Å². The highest BCUT2D eigenvalue weighted by Crippen LogP contribution is 2.29. The molecule has 4 heteroatoms. The third kappa shape index (κ3) is 2.80. The normalized spacial score (nSPS) is 22.6. The van der Waals surface area contributed by atoms with E-state index in [1.807, 2.05) is 11.6 Å². The Hall–Kier alpha value is -1.39. The Morgan fingerprint density at radius 2 is 2.11 bits per heavy atom. The Morgan fingerprint density at radius 3 is 2.79 bits per heavy atom. The van der Waals surface area contributed by atoms with Gasteiger partial charge >= 0.3 is 0 Å². The van der Waals surface area contributed by atoms with E-state index in [1.165, 1.54) is 30.5 Å². The van der Waals surface area contributed by atoms with E-state index >= 15 is 0 Å². The predicted molar refractivity (Wildman–Crippen MR) is 81.4 cm³/mol. The largest absolute Gasteiger partial charge is 0.382 e. The summed E-state index contributed by atoms with van der Waals surface area (Å²) in [6, 6.07) is 9.09. The fraction of sp³-hybridized carbons (Fsp3) is 0.400. The van der Waals surface area contributed by atoms with Gasteiger partial charge in [0.05, 0.1) is 0 Å². The first-order valence-electron chi connectivity index (χ1n) is 6.83. The first-order valence-corrected chi connectivity index (χ1v) is 7.71. The highest BCUT2D eigenvalue weighted by atomic mass is 32.1. The van der Waals surface area contributed by atoms with Gasteiger partial charge in [-0.3, -0.25) is 0 Å². The minimum atomic E-state index is 0.538. The second kappa shape index (κ2) is 5.72. The molecule has 1 aromatic carbocycles. The van der Waals surface area contributed by atoms with Crippen molar-refractivity contribution in [3.63, 3.8) is 0 Å². The summed E-state index contributed by atoms with van der Waals surface area (Å²) in [5, 5.41) is 6.70. The van der Waals surface area contributed by atoms with Gasteiger partial charge in [0.25, 0.3) is 0 Å². The topological polar surface area (TPSA) is 50.9 Å². The van der Waals surface area contributed by atoms with E-state index in [4.69, 9.17) is 5.73 Å². The number of nitrogens with zero attached hydrogens (tertiary/aromatic N) is 1. The second-order valence-corrected chi connectivity index (χ2v) is 5.99. The van der Waals surface area contributed by atoms with Crippen molar-refractivity contribution in [3.05, 3.63) is 35.8 Å². The maximum atomic E-state index is 5.82. The molecule has 2 aromatic rings. The first-order chi connectivity index (χ1) is 9.36. The summed E-state index contributed by atoms with van der Waals surface area (Å²) in [6.45, 7) is 0.787. The number of nitrogens with two attached hydrogens (primary N) is 1. The Kier molecular flexibility index (Phi) is 3.80. The molecule has 0 aliphatic heterocycles. The number of hydrogen-bond donors (Lipinski definition) is 2. The molecule has 0 spiro atoms. The van der Waals surface area contributed by atoms with Crippen LogP contribution in [0.25, 0.3) is 10.6 Å². The summed E-state index contributed by atoms with van der Waals surface area (Å²) in [4.78, 5) is 4.33. The maximum Gasteiger partial charge on any atom is 0.123 e. The molecule has 0 radical (unpaired) electrons. The zero-order valence-electron chi connectivity index (χ0n) is 10.9. The van der Waals surface area contributed by atoms with Crippen molar-refractivity contribution < 1.29 is 0 Å². The fourth-order valence-corrected chi connectivity index (χ4v) is 3.44. The van der Waals surface area contributed by atoms with Crippen LogP contribution in [0.15, 0.2) is 35.8 Å². The summed E-state index contributed by atoms with van der Waals surface area (Å²) < 4.78 is 0. The summed E-state index contributed by atoms with van der Waals surface area (Å²) in [5.74, 6) is 0.624. The number of rotatable bonds is 4. The molecule has 3 rings (SSSR count). The Morgan fingerprint density at radius 1 is 1.26 bits per heavy atom. The Labute approximate surface area is 117 Å². The zero-order valence-corrected chi connectivity index (χ0v) is 11.7. The van der Waals surface area contributed by atoms with Gasteiger partial charge < -0.3 is 11.1 Å². The SMILES string of the molecule is NCC1CCCC1Nc1ccc(-c2nccs2)cc1. The van der Waals surface area contributed by atoms with Crippen LogP contribution in [0.5, 0.6) is 0 Å². The van der Waals surface area contributed by atoms with Crippen LogP contribution in [0, 0.1) is 5.92 Å². The van der Waals surface area contributed by atoms with Crippen molar-refractivity contribution in [2.75, 3.05) is 11.9 Å². The molecular formula is C15H19N3S. The minimum absolute atomic E-state index is 0.538. The lowest BCUT2D eigenvalue weighted by Gasteiger charge is -2.20. The van der Waals surface area contributed by atoms with E-state index < -0.39 is 0 Å². The molecule has 1 aromatic heterocycles. The highest BCUT2D eigenvalue weighted by molar-refractivity contribution is 7.13. The molecule has 3 nitrogen and oxygen atoms in total. The summed E-state index contributed by atoms with van der Waals surface area (Å²) in [6.07, 6.45) is 5.62. The van der Waals surface area contributed by atoms with Gasteiger partial charge in [-0.2, -0.15) is 0 Å². The Balaban J connectivity index is 1.69. The molecule has 1 aliphatic carbocycles. The van der Waals surface area contributed by atoms with Gasteiger partial charge in [0.1, 0.15) is 5.01 Å². The molecule has 3 N–H and O–H groups in total. The first kappa shape index (κ1) is 12.6. The number of hydrogen-bond acceptors (Lipinski definition) is 4. The standard InChI is InChI=1S/C15H19N3S/c16-10-12-2-1-3-14(12)18-13-6-4-11(5-7-13)15-17-8-9-19-15/h4-9,12,14,18H,1-3,10,16H2. The maximum absolute atomic E-state index is 5.82.